The third-order valence-electron chi connectivity index (χ3n) is 5.14. The Morgan fingerprint density at radius 1 is 1.12 bits per heavy atom. The van der Waals surface area contributed by atoms with Crippen LogP contribution in [0.5, 0.6) is 11.8 Å². The first kappa shape index (κ1) is 24.9. The number of carbonyl (C=O) groups is 1. The molecule has 2 amide bonds. The molecule has 33 heavy (non-hydrogen) atoms. The van der Waals surface area contributed by atoms with Crippen LogP contribution in [-0.2, 0) is 26.3 Å². The lowest BCUT2D eigenvalue weighted by Crippen LogP contribution is -2.45. The zero-order valence-corrected chi connectivity index (χ0v) is 21.7. The van der Waals surface area contributed by atoms with Crippen molar-refractivity contribution in [3.05, 3.63) is 23.8 Å². The highest BCUT2D eigenvalue weighted by Gasteiger charge is 2.42. The van der Waals surface area contributed by atoms with Crippen LogP contribution >= 0.6 is 0 Å². The number of benzene rings is 1. The fourth-order valence-electron chi connectivity index (χ4n) is 3.52. The molecule has 180 valence electrons. The van der Waals surface area contributed by atoms with Gasteiger partial charge in [-0.05, 0) is 24.1 Å². The smallest absolute Gasteiger partial charge is 0.335 e. The molecule has 0 bridgehead atoms. The molecule has 0 radical (unpaired) electrons. The molecular weight excluding hydrogens is 488 g/mol. The maximum Gasteiger partial charge on any atom is 0.335 e. The van der Waals surface area contributed by atoms with Crippen molar-refractivity contribution in [2.24, 2.45) is 0 Å². The highest BCUT2D eigenvalue weighted by atomic mass is 32.2. The summed E-state index contributed by atoms with van der Waals surface area (Å²) in [6.45, 7) is 7.23. The predicted molar refractivity (Wildman–Crippen MR) is 124 cm³/mol. The third kappa shape index (κ3) is 4.82. The lowest BCUT2D eigenvalue weighted by atomic mass is 10.1. The first-order valence-electron chi connectivity index (χ1n) is 9.92. The Morgan fingerprint density at radius 3 is 2.21 bits per heavy atom. The number of anilines is 1. The standard InChI is InChI=1S/C19H26N4O7S2Si/c1-11-9-12-7-8-13(33(4,5)6)17(16(12)31(11,25)26)32(27,28)23-19(24)22-18-20-14(29-2)10-15(21-18)30-3/h7-8,10-11H,9H2,1-6H3,(H2,20,21,22,23,24). The molecular formula is C19H26N4O7S2Si. The number of urea groups is 1. The molecule has 0 aliphatic carbocycles. The van der Waals surface area contributed by atoms with Crippen LogP contribution in [0, 0.1) is 0 Å². The normalized spacial score (nSPS) is 17.2. The summed E-state index contributed by atoms with van der Waals surface area (Å²) in [6, 6.07) is 3.53. The van der Waals surface area contributed by atoms with Gasteiger partial charge in [0.05, 0.1) is 38.5 Å². The fraction of sp³-hybridized carbons (Fsp3) is 0.421. The van der Waals surface area contributed by atoms with E-state index >= 15 is 0 Å². The number of sulfonamides is 1. The Hall–Kier alpha value is -2.71. The van der Waals surface area contributed by atoms with Gasteiger partial charge in [-0.1, -0.05) is 31.8 Å². The van der Waals surface area contributed by atoms with E-state index < -0.39 is 39.2 Å². The van der Waals surface area contributed by atoms with Crippen molar-refractivity contribution in [2.75, 3.05) is 19.5 Å². The number of carbonyl (C=O) groups excluding carboxylic acids is 1. The lowest BCUT2D eigenvalue weighted by Gasteiger charge is -2.23. The monoisotopic (exact) mass is 514 g/mol. The fourth-order valence-corrected chi connectivity index (χ4v) is 9.82. The first-order chi connectivity index (χ1) is 15.2. The number of ether oxygens (including phenoxy) is 2. The number of nitrogens with one attached hydrogen (secondary N) is 2. The molecule has 0 saturated heterocycles. The Morgan fingerprint density at radius 2 is 1.70 bits per heavy atom. The number of hydrogen-bond donors (Lipinski definition) is 2. The molecule has 0 fully saturated rings. The molecule has 0 saturated carbocycles. The maximum atomic E-state index is 13.4. The van der Waals surface area contributed by atoms with Crippen LogP contribution in [0.1, 0.15) is 12.5 Å². The molecule has 2 aromatic rings. The van der Waals surface area contributed by atoms with Crippen molar-refractivity contribution in [1.29, 1.82) is 0 Å². The number of nitrogens with zero attached hydrogens (tertiary/aromatic N) is 2. The summed E-state index contributed by atoms with van der Waals surface area (Å²) in [5, 5.41) is 1.88. The van der Waals surface area contributed by atoms with Crippen LogP contribution in [0.4, 0.5) is 10.7 Å². The quantitative estimate of drug-likeness (QED) is 0.542. The van der Waals surface area contributed by atoms with Gasteiger partial charge in [-0.2, -0.15) is 9.97 Å². The van der Waals surface area contributed by atoms with Gasteiger partial charge in [0, 0.05) is 0 Å². The van der Waals surface area contributed by atoms with Gasteiger partial charge in [-0.15, -0.1) is 0 Å². The van der Waals surface area contributed by atoms with Crippen LogP contribution < -0.4 is 24.7 Å². The van der Waals surface area contributed by atoms with Gasteiger partial charge in [0.1, 0.15) is 4.90 Å². The van der Waals surface area contributed by atoms with E-state index in [-0.39, 0.29) is 33.9 Å². The van der Waals surface area contributed by atoms with Crippen molar-refractivity contribution in [3.63, 3.8) is 0 Å². The molecule has 11 nitrogen and oxygen atoms in total. The highest BCUT2D eigenvalue weighted by molar-refractivity contribution is 7.94. The van der Waals surface area contributed by atoms with Gasteiger partial charge < -0.3 is 9.47 Å². The van der Waals surface area contributed by atoms with Crippen molar-refractivity contribution >= 4 is 45.1 Å². The van der Waals surface area contributed by atoms with E-state index in [0.29, 0.717) is 10.8 Å². The Kier molecular flexibility index (Phi) is 6.47. The molecule has 2 N–H and O–H groups in total. The molecule has 1 aromatic carbocycles. The number of methoxy groups -OCH3 is 2. The van der Waals surface area contributed by atoms with Gasteiger partial charge in [0.2, 0.25) is 17.7 Å². The van der Waals surface area contributed by atoms with Crippen LogP contribution in [0.2, 0.25) is 19.6 Å². The molecule has 1 aliphatic rings. The second kappa shape index (κ2) is 8.57. The molecule has 1 unspecified atom stereocenters. The Bertz CT molecular complexity index is 1300. The topological polar surface area (TPSA) is 154 Å². The number of sulfone groups is 1. The second-order valence-corrected chi connectivity index (χ2v) is 17.5. The van der Waals surface area contributed by atoms with Crippen molar-refractivity contribution in [2.45, 2.75) is 48.0 Å². The van der Waals surface area contributed by atoms with Crippen molar-refractivity contribution < 1.29 is 31.1 Å². The minimum atomic E-state index is -4.57. The van der Waals surface area contributed by atoms with Crippen LogP contribution in [-0.4, -0.2) is 60.4 Å². The average Bonchev–Trinajstić information content (AvgIpc) is 2.94. The number of fused-ring (bicyclic) bond motifs is 1. The van der Waals surface area contributed by atoms with Gasteiger partial charge in [0.15, 0.2) is 9.84 Å². The molecule has 1 aliphatic heterocycles. The van der Waals surface area contributed by atoms with E-state index in [2.05, 4.69) is 15.3 Å². The van der Waals surface area contributed by atoms with Crippen LogP contribution in [0.15, 0.2) is 28.0 Å². The Balaban J connectivity index is 2.05. The van der Waals surface area contributed by atoms with Crippen LogP contribution in [0.25, 0.3) is 0 Å². The summed E-state index contributed by atoms with van der Waals surface area (Å²) >= 11 is 0. The summed E-state index contributed by atoms with van der Waals surface area (Å²) in [7, 11) is -8.08. The number of amides is 2. The summed E-state index contributed by atoms with van der Waals surface area (Å²) in [6.07, 6.45) is 0.204. The molecule has 0 spiro atoms. The molecule has 2 heterocycles. The minimum Gasteiger partial charge on any atom is -0.481 e. The summed E-state index contributed by atoms with van der Waals surface area (Å²) in [4.78, 5) is 19.8. The van der Waals surface area contributed by atoms with Crippen LogP contribution in [0.3, 0.4) is 0 Å². The van der Waals surface area contributed by atoms with Crippen molar-refractivity contribution in [3.8, 4) is 11.8 Å². The van der Waals surface area contributed by atoms with E-state index in [4.69, 9.17) is 9.47 Å². The van der Waals surface area contributed by atoms with Gasteiger partial charge in [0.25, 0.3) is 10.0 Å². The molecule has 1 aromatic heterocycles. The SMILES string of the molecule is COc1cc(OC)nc(NC(=O)NS(=O)(=O)c2c([Si](C)(C)C)ccc3c2S(=O)(=O)C(C)C3)n1. The minimum absolute atomic E-state index is 0.0852. The van der Waals surface area contributed by atoms with E-state index in [0.717, 1.165) is 0 Å². The van der Waals surface area contributed by atoms with E-state index in [1.54, 1.807) is 12.1 Å². The number of hydrogen-bond acceptors (Lipinski definition) is 9. The highest BCUT2D eigenvalue weighted by Crippen LogP contribution is 2.36. The molecule has 14 heteroatoms. The largest absolute Gasteiger partial charge is 0.481 e. The van der Waals surface area contributed by atoms with E-state index in [1.165, 1.54) is 27.2 Å². The summed E-state index contributed by atoms with van der Waals surface area (Å²) < 4.78 is 64.8. The maximum absolute atomic E-state index is 13.4. The lowest BCUT2D eigenvalue weighted by molar-refractivity contribution is 0.256. The molecule has 3 rings (SSSR count). The Labute approximate surface area is 193 Å². The summed E-state index contributed by atoms with van der Waals surface area (Å²) in [5.74, 6) is -0.0900. The van der Waals surface area contributed by atoms with E-state index in [1.807, 2.05) is 24.4 Å². The number of aromatic nitrogens is 2. The molecule has 1 atom stereocenters. The van der Waals surface area contributed by atoms with Gasteiger partial charge in [-0.3, -0.25) is 5.32 Å². The number of rotatable bonds is 6. The predicted octanol–water partition coefficient (Wildman–Crippen LogP) is 1.27. The van der Waals surface area contributed by atoms with E-state index in [9.17, 15) is 21.6 Å². The van der Waals surface area contributed by atoms with Gasteiger partial charge in [-0.25, -0.2) is 26.4 Å². The van der Waals surface area contributed by atoms with Crippen molar-refractivity contribution in [1.82, 2.24) is 14.7 Å². The first-order valence-corrected chi connectivity index (χ1v) is 16.4. The third-order valence-corrected chi connectivity index (χ3v) is 11.2. The zero-order chi connectivity index (χ0) is 24.8. The van der Waals surface area contributed by atoms with Gasteiger partial charge >= 0.3 is 6.03 Å². The summed E-state index contributed by atoms with van der Waals surface area (Å²) in [5.41, 5.74) is 0.422. The zero-order valence-electron chi connectivity index (χ0n) is 19.1. The average molecular weight is 515 g/mol. The second-order valence-electron chi connectivity index (χ2n) is 8.58.